The molecule has 1 aliphatic rings. The fourth-order valence-electron chi connectivity index (χ4n) is 3.59. The smallest absolute Gasteiger partial charge is 0.258 e. The van der Waals surface area contributed by atoms with Gasteiger partial charge in [-0.05, 0) is 49.9 Å². The number of benzene rings is 2. The molecule has 0 unspecified atom stereocenters. The van der Waals surface area contributed by atoms with Crippen molar-refractivity contribution in [1.29, 1.82) is 0 Å². The maximum absolute atomic E-state index is 12.3. The molecule has 1 aliphatic heterocycles. The summed E-state index contributed by atoms with van der Waals surface area (Å²) in [4.78, 5) is 26.6. The van der Waals surface area contributed by atoms with Crippen LogP contribution in [0.4, 0.5) is 5.69 Å². The number of rotatable bonds is 7. The Labute approximate surface area is 172 Å². The molecule has 2 N–H and O–H groups in total. The zero-order chi connectivity index (χ0) is 20.6. The normalized spacial score (nSPS) is 15.0. The quantitative estimate of drug-likeness (QED) is 0.756. The lowest BCUT2D eigenvalue weighted by Crippen LogP contribution is -2.47. The minimum atomic E-state index is -0.104. The Bertz CT molecular complexity index is 810. The molecule has 2 amide bonds. The zero-order valence-corrected chi connectivity index (χ0v) is 17.1. The van der Waals surface area contributed by atoms with Gasteiger partial charge in [-0.25, -0.2) is 0 Å². The number of carbonyl (C=O) groups excluding carboxylic acids is 2. The minimum absolute atomic E-state index is 0.0133. The number of amides is 2. The van der Waals surface area contributed by atoms with Crippen molar-refractivity contribution in [2.75, 3.05) is 31.6 Å². The summed E-state index contributed by atoms with van der Waals surface area (Å²) in [6.07, 6.45) is 1.65. The molecule has 6 heteroatoms. The lowest BCUT2D eigenvalue weighted by atomic mass is 10.1. The number of nitrogens with one attached hydrogen (secondary N) is 2. The molecule has 3 rings (SSSR count). The second-order valence-electron chi connectivity index (χ2n) is 7.54. The first-order valence-electron chi connectivity index (χ1n) is 10.1. The molecule has 1 heterocycles. The molecule has 2 aromatic carbocycles. The molecule has 29 heavy (non-hydrogen) atoms. The average Bonchev–Trinajstić information content (AvgIpc) is 2.70. The number of ether oxygens (including phenoxy) is 1. The van der Waals surface area contributed by atoms with Gasteiger partial charge in [-0.3, -0.25) is 14.5 Å². The van der Waals surface area contributed by atoms with Crippen molar-refractivity contribution in [2.45, 2.75) is 32.7 Å². The number of piperidine rings is 1. The van der Waals surface area contributed by atoms with Gasteiger partial charge in [-0.1, -0.05) is 36.4 Å². The summed E-state index contributed by atoms with van der Waals surface area (Å²) in [6, 6.07) is 15.5. The Kier molecular flexibility index (Phi) is 7.25. The van der Waals surface area contributed by atoms with Crippen LogP contribution in [0, 0.1) is 13.8 Å². The van der Waals surface area contributed by atoms with E-state index in [-0.39, 0.29) is 24.5 Å². The number of likely N-dealkylation sites (tertiary alicyclic amines) is 1. The van der Waals surface area contributed by atoms with Crippen LogP contribution in [0.1, 0.15) is 24.0 Å². The first-order chi connectivity index (χ1) is 14.0. The van der Waals surface area contributed by atoms with Crippen molar-refractivity contribution < 1.29 is 14.3 Å². The maximum atomic E-state index is 12.3. The van der Waals surface area contributed by atoms with Crippen molar-refractivity contribution in [3.05, 3.63) is 59.7 Å². The Balaban J connectivity index is 1.37. The van der Waals surface area contributed by atoms with E-state index in [4.69, 9.17) is 4.74 Å². The van der Waals surface area contributed by atoms with Crippen molar-refractivity contribution in [2.24, 2.45) is 0 Å². The number of para-hydroxylation sites is 2. The largest absolute Gasteiger partial charge is 0.483 e. The predicted molar refractivity (Wildman–Crippen MR) is 114 cm³/mol. The van der Waals surface area contributed by atoms with E-state index in [9.17, 15) is 9.59 Å². The van der Waals surface area contributed by atoms with Gasteiger partial charge in [-0.2, -0.15) is 0 Å². The van der Waals surface area contributed by atoms with Crippen LogP contribution >= 0.6 is 0 Å². The number of anilines is 1. The van der Waals surface area contributed by atoms with Crippen LogP contribution in [-0.4, -0.2) is 49.0 Å². The highest BCUT2D eigenvalue weighted by Crippen LogP contribution is 2.22. The van der Waals surface area contributed by atoms with Crippen LogP contribution in [-0.2, 0) is 9.59 Å². The van der Waals surface area contributed by atoms with Crippen LogP contribution in [0.25, 0.3) is 0 Å². The van der Waals surface area contributed by atoms with Crippen molar-refractivity contribution in [3.8, 4) is 5.75 Å². The van der Waals surface area contributed by atoms with Crippen LogP contribution < -0.4 is 15.4 Å². The SMILES string of the molecule is Cc1cccc(C)c1OCC(=O)NC1CCN(CC(=O)Nc2ccccc2)CC1. The number of carbonyl (C=O) groups is 2. The van der Waals surface area contributed by atoms with Gasteiger partial charge >= 0.3 is 0 Å². The first-order valence-corrected chi connectivity index (χ1v) is 10.1. The molecular formula is C23H29N3O3. The monoisotopic (exact) mass is 395 g/mol. The summed E-state index contributed by atoms with van der Waals surface area (Å²) in [5.41, 5.74) is 2.86. The third-order valence-corrected chi connectivity index (χ3v) is 5.13. The van der Waals surface area contributed by atoms with Gasteiger partial charge in [0.1, 0.15) is 5.75 Å². The lowest BCUT2D eigenvalue weighted by Gasteiger charge is -2.31. The summed E-state index contributed by atoms with van der Waals surface area (Å²) in [5.74, 6) is 0.663. The number of nitrogens with zero attached hydrogens (tertiary/aromatic N) is 1. The van der Waals surface area contributed by atoms with Gasteiger partial charge in [0.05, 0.1) is 6.54 Å². The molecule has 154 valence electrons. The molecule has 0 radical (unpaired) electrons. The fraction of sp³-hybridized carbons (Fsp3) is 0.391. The highest BCUT2D eigenvalue weighted by molar-refractivity contribution is 5.92. The van der Waals surface area contributed by atoms with Crippen LogP contribution in [0.3, 0.4) is 0 Å². The van der Waals surface area contributed by atoms with Crippen molar-refractivity contribution in [3.63, 3.8) is 0 Å². The van der Waals surface area contributed by atoms with Gasteiger partial charge < -0.3 is 15.4 Å². The van der Waals surface area contributed by atoms with E-state index in [0.29, 0.717) is 6.54 Å². The van der Waals surface area contributed by atoms with E-state index in [1.54, 1.807) is 0 Å². The van der Waals surface area contributed by atoms with Gasteiger partial charge in [-0.15, -0.1) is 0 Å². The Hall–Kier alpha value is -2.86. The second kappa shape index (κ2) is 10.1. The minimum Gasteiger partial charge on any atom is -0.483 e. The first kappa shape index (κ1) is 20.9. The number of aryl methyl sites for hydroxylation is 2. The standard InChI is InChI=1S/C23H29N3O3/c1-17-7-6-8-18(2)23(17)29-16-22(28)25-20-11-13-26(14-12-20)15-21(27)24-19-9-4-3-5-10-19/h3-10,20H,11-16H2,1-2H3,(H,24,27)(H,25,28). The van der Waals surface area contributed by atoms with E-state index >= 15 is 0 Å². The zero-order valence-electron chi connectivity index (χ0n) is 17.1. The Morgan fingerprint density at radius 3 is 2.28 bits per heavy atom. The van der Waals surface area contributed by atoms with Crippen molar-refractivity contribution >= 4 is 17.5 Å². The predicted octanol–water partition coefficient (Wildman–Crippen LogP) is 2.90. The summed E-state index contributed by atoms with van der Waals surface area (Å²) in [5, 5.41) is 5.96. The number of hydrogen-bond acceptors (Lipinski definition) is 4. The molecule has 6 nitrogen and oxygen atoms in total. The molecular weight excluding hydrogens is 366 g/mol. The van der Waals surface area contributed by atoms with E-state index < -0.39 is 0 Å². The van der Waals surface area contributed by atoms with Crippen LogP contribution in [0.2, 0.25) is 0 Å². The fourth-order valence-corrected chi connectivity index (χ4v) is 3.59. The molecule has 2 aromatic rings. The summed E-state index contributed by atoms with van der Waals surface area (Å²) in [6.45, 7) is 5.90. The molecule has 0 aromatic heterocycles. The molecule has 1 fully saturated rings. The Morgan fingerprint density at radius 1 is 0.966 bits per heavy atom. The summed E-state index contributed by atoms with van der Waals surface area (Å²) < 4.78 is 5.73. The van der Waals surface area contributed by atoms with Crippen LogP contribution in [0.5, 0.6) is 5.75 Å². The van der Waals surface area contributed by atoms with E-state index in [1.807, 2.05) is 62.4 Å². The Morgan fingerprint density at radius 2 is 1.62 bits per heavy atom. The number of hydrogen-bond donors (Lipinski definition) is 2. The highest BCUT2D eigenvalue weighted by atomic mass is 16.5. The van der Waals surface area contributed by atoms with Gasteiger partial charge in [0, 0.05) is 24.8 Å². The molecule has 0 spiro atoms. The van der Waals surface area contributed by atoms with Gasteiger partial charge in [0.2, 0.25) is 5.91 Å². The van der Waals surface area contributed by atoms with Crippen LogP contribution in [0.15, 0.2) is 48.5 Å². The third kappa shape index (κ3) is 6.32. The topological polar surface area (TPSA) is 70.7 Å². The summed E-state index contributed by atoms with van der Waals surface area (Å²) in [7, 11) is 0. The van der Waals surface area contributed by atoms with E-state index in [1.165, 1.54) is 0 Å². The van der Waals surface area contributed by atoms with Crippen molar-refractivity contribution in [1.82, 2.24) is 10.2 Å². The van der Waals surface area contributed by atoms with Gasteiger partial charge in [0.25, 0.3) is 5.91 Å². The third-order valence-electron chi connectivity index (χ3n) is 5.13. The molecule has 0 saturated carbocycles. The summed E-state index contributed by atoms with van der Waals surface area (Å²) >= 11 is 0. The van der Waals surface area contributed by atoms with E-state index in [2.05, 4.69) is 15.5 Å². The molecule has 0 bridgehead atoms. The van der Waals surface area contributed by atoms with E-state index in [0.717, 1.165) is 48.5 Å². The van der Waals surface area contributed by atoms with Gasteiger partial charge in [0.15, 0.2) is 6.61 Å². The average molecular weight is 396 g/mol. The molecule has 0 aliphatic carbocycles. The lowest BCUT2D eigenvalue weighted by molar-refractivity contribution is -0.124. The molecule has 0 atom stereocenters. The maximum Gasteiger partial charge on any atom is 0.258 e. The highest BCUT2D eigenvalue weighted by Gasteiger charge is 2.22. The molecule has 1 saturated heterocycles. The second-order valence-corrected chi connectivity index (χ2v) is 7.54.